The van der Waals surface area contributed by atoms with Gasteiger partial charge in [-0.15, -0.1) is 0 Å². The third-order valence-corrected chi connectivity index (χ3v) is 4.23. The van der Waals surface area contributed by atoms with Gasteiger partial charge in [0, 0.05) is 29.1 Å². The molecular weight excluding hydrogens is 306 g/mol. The van der Waals surface area contributed by atoms with E-state index in [-0.39, 0.29) is 5.91 Å². The number of hydrogen-bond acceptors (Lipinski definition) is 3. The van der Waals surface area contributed by atoms with Crippen LogP contribution >= 0.6 is 0 Å². The molecule has 0 radical (unpaired) electrons. The lowest BCUT2D eigenvalue weighted by atomic mass is 10.1. The maximum atomic E-state index is 12.1. The predicted molar refractivity (Wildman–Crippen MR) is 91.9 cm³/mol. The maximum absolute atomic E-state index is 12.1. The van der Waals surface area contributed by atoms with E-state index in [1.165, 1.54) is 0 Å². The zero-order valence-corrected chi connectivity index (χ0v) is 13.0. The molecule has 24 heavy (non-hydrogen) atoms. The first kappa shape index (κ1) is 14.6. The molecule has 1 aliphatic heterocycles. The fraction of sp³-hybridized carbons (Fsp3) is 0.222. The number of amides is 3. The van der Waals surface area contributed by atoms with Crippen LogP contribution in [0.2, 0.25) is 0 Å². The van der Waals surface area contributed by atoms with E-state index in [9.17, 15) is 9.59 Å². The summed E-state index contributed by atoms with van der Waals surface area (Å²) in [6, 6.07) is 12.5. The first-order chi connectivity index (χ1) is 11.7. The molecule has 3 N–H and O–H groups in total. The normalized spacial score (nSPS) is 17.7. The predicted octanol–water partition coefficient (Wildman–Crippen LogP) is 2.99. The van der Waals surface area contributed by atoms with Crippen molar-refractivity contribution < 1.29 is 14.0 Å². The first-order valence-corrected chi connectivity index (χ1v) is 7.97. The van der Waals surface area contributed by atoms with Gasteiger partial charge < -0.3 is 20.4 Å². The van der Waals surface area contributed by atoms with Gasteiger partial charge in [-0.1, -0.05) is 18.2 Å². The number of anilines is 1. The second kappa shape index (κ2) is 5.88. The summed E-state index contributed by atoms with van der Waals surface area (Å²) < 4.78 is 5.81. The van der Waals surface area contributed by atoms with Crippen LogP contribution in [-0.2, 0) is 4.79 Å². The zero-order valence-electron chi connectivity index (χ0n) is 13.0. The van der Waals surface area contributed by atoms with Crippen molar-refractivity contribution in [2.45, 2.75) is 18.9 Å². The lowest BCUT2D eigenvalue weighted by Crippen LogP contribution is -2.51. The van der Waals surface area contributed by atoms with E-state index in [2.05, 4.69) is 16.0 Å². The molecule has 3 amide bonds. The van der Waals surface area contributed by atoms with Crippen LogP contribution in [-0.4, -0.2) is 24.5 Å². The largest absolute Gasteiger partial charge is 0.456 e. The minimum atomic E-state index is -0.478. The van der Waals surface area contributed by atoms with Gasteiger partial charge in [0.2, 0.25) is 5.91 Å². The summed E-state index contributed by atoms with van der Waals surface area (Å²) in [6.45, 7) is 0.668. The lowest BCUT2D eigenvalue weighted by Gasteiger charge is -2.22. The average Bonchev–Trinajstić information content (AvgIpc) is 2.94. The molecule has 122 valence electrons. The second-order valence-corrected chi connectivity index (χ2v) is 5.89. The van der Waals surface area contributed by atoms with Gasteiger partial charge in [0.25, 0.3) is 0 Å². The Kier molecular flexibility index (Phi) is 3.57. The van der Waals surface area contributed by atoms with Gasteiger partial charge >= 0.3 is 6.03 Å². The Hall–Kier alpha value is -3.02. The number of nitrogens with one attached hydrogen (secondary N) is 3. The number of rotatable bonds is 2. The van der Waals surface area contributed by atoms with Crippen molar-refractivity contribution in [3.8, 4) is 0 Å². The van der Waals surface area contributed by atoms with E-state index >= 15 is 0 Å². The minimum absolute atomic E-state index is 0.135. The monoisotopic (exact) mass is 323 g/mol. The Balaban J connectivity index is 1.52. The highest BCUT2D eigenvalue weighted by Gasteiger charge is 2.23. The molecule has 0 unspecified atom stereocenters. The first-order valence-electron chi connectivity index (χ1n) is 7.97. The van der Waals surface area contributed by atoms with Crippen molar-refractivity contribution in [2.24, 2.45) is 0 Å². The molecule has 1 aromatic heterocycles. The van der Waals surface area contributed by atoms with Crippen LogP contribution in [0.25, 0.3) is 21.9 Å². The molecule has 1 saturated heterocycles. The highest BCUT2D eigenvalue weighted by Crippen LogP contribution is 2.30. The summed E-state index contributed by atoms with van der Waals surface area (Å²) in [7, 11) is 0. The summed E-state index contributed by atoms with van der Waals surface area (Å²) in [5.74, 6) is -0.135. The number of benzene rings is 2. The molecule has 6 nitrogen and oxygen atoms in total. The molecule has 0 saturated carbocycles. The lowest BCUT2D eigenvalue weighted by molar-refractivity contribution is -0.124. The molecule has 1 aliphatic rings. The highest BCUT2D eigenvalue weighted by atomic mass is 16.3. The van der Waals surface area contributed by atoms with Crippen molar-refractivity contribution in [3.63, 3.8) is 0 Å². The van der Waals surface area contributed by atoms with Crippen LogP contribution in [0, 0.1) is 0 Å². The minimum Gasteiger partial charge on any atom is -0.456 e. The molecular formula is C18H17N3O3. The van der Waals surface area contributed by atoms with E-state index in [0.29, 0.717) is 24.2 Å². The molecule has 1 atom stereocenters. The van der Waals surface area contributed by atoms with Crippen molar-refractivity contribution in [2.75, 3.05) is 11.9 Å². The van der Waals surface area contributed by atoms with Gasteiger partial charge in [0.05, 0.1) is 0 Å². The van der Waals surface area contributed by atoms with Crippen molar-refractivity contribution in [3.05, 3.63) is 42.5 Å². The van der Waals surface area contributed by atoms with Crippen LogP contribution in [0.4, 0.5) is 10.5 Å². The number of urea groups is 1. The summed E-state index contributed by atoms with van der Waals surface area (Å²) in [5.41, 5.74) is 2.15. The van der Waals surface area contributed by atoms with Gasteiger partial charge in [-0.2, -0.15) is 0 Å². The Morgan fingerprint density at radius 3 is 2.83 bits per heavy atom. The average molecular weight is 323 g/mol. The van der Waals surface area contributed by atoms with E-state index in [0.717, 1.165) is 22.8 Å². The quantitative estimate of drug-likeness (QED) is 0.678. The van der Waals surface area contributed by atoms with Crippen LogP contribution in [0.1, 0.15) is 12.8 Å². The van der Waals surface area contributed by atoms with Gasteiger partial charge in [0.15, 0.2) is 0 Å². The molecule has 4 rings (SSSR count). The van der Waals surface area contributed by atoms with Crippen LogP contribution in [0.15, 0.2) is 46.9 Å². The molecule has 0 aliphatic carbocycles. The Morgan fingerprint density at radius 2 is 1.96 bits per heavy atom. The van der Waals surface area contributed by atoms with E-state index in [4.69, 9.17) is 4.42 Å². The third-order valence-electron chi connectivity index (χ3n) is 4.23. The van der Waals surface area contributed by atoms with Crippen LogP contribution in [0.3, 0.4) is 0 Å². The van der Waals surface area contributed by atoms with Crippen molar-refractivity contribution in [1.29, 1.82) is 0 Å². The molecule has 6 heteroatoms. The summed E-state index contributed by atoms with van der Waals surface area (Å²) in [4.78, 5) is 23.8. The van der Waals surface area contributed by atoms with E-state index in [1.807, 2.05) is 36.4 Å². The fourth-order valence-electron chi connectivity index (χ4n) is 3.04. The Bertz CT molecular complexity index is 932. The standard InChI is InChI=1S/C18H17N3O3/c22-17-14(5-3-9-19-17)21-18(23)20-11-7-8-13-12-4-1-2-6-15(12)24-16(13)10-11/h1-2,4,6-8,10,14H,3,5,9H2,(H,19,22)(H2,20,21,23)/t14-/m0/s1. The molecule has 2 aromatic carbocycles. The Morgan fingerprint density at radius 1 is 1.12 bits per heavy atom. The summed E-state index contributed by atoms with van der Waals surface area (Å²) in [6.07, 6.45) is 1.52. The molecule has 0 spiro atoms. The smallest absolute Gasteiger partial charge is 0.319 e. The van der Waals surface area contributed by atoms with Gasteiger partial charge in [-0.3, -0.25) is 4.79 Å². The molecule has 0 bridgehead atoms. The van der Waals surface area contributed by atoms with Gasteiger partial charge in [0.1, 0.15) is 17.2 Å². The number of para-hydroxylation sites is 1. The SMILES string of the molecule is O=C(Nc1ccc2c(c1)oc1ccccc12)N[C@H]1CCCNC1=O. The van der Waals surface area contributed by atoms with Gasteiger partial charge in [-0.25, -0.2) is 4.79 Å². The van der Waals surface area contributed by atoms with Gasteiger partial charge in [-0.05, 0) is 31.0 Å². The summed E-state index contributed by atoms with van der Waals surface area (Å²) >= 11 is 0. The molecule has 2 heterocycles. The molecule has 3 aromatic rings. The zero-order chi connectivity index (χ0) is 16.5. The van der Waals surface area contributed by atoms with E-state index < -0.39 is 12.1 Å². The second-order valence-electron chi connectivity index (χ2n) is 5.89. The van der Waals surface area contributed by atoms with Crippen molar-refractivity contribution in [1.82, 2.24) is 10.6 Å². The Labute approximate surface area is 138 Å². The van der Waals surface area contributed by atoms with E-state index in [1.54, 1.807) is 6.07 Å². The number of fused-ring (bicyclic) bond motifs is 3. The van der Waals surface area contributed by atoms with Crippen LogP contribution in [0.5, 0.6) is 0 Å². The third kappa shape index (κ3) is 2.67. The number of hydrogen-bond donors (Lipinski definition) is 3. The number of piperidine rings is 1. The number of furan rings is 1. The number of carbonyl (C=O) groups excluding carboxylic acids is 2. The summed E-state index contributed by atoms with van der Waals surface area (Å²) in [5, 5.41) is 10.2. The highest BCUT2D eigenvalue weighted by molar-refractivity contribution is 6.06. The fourth-order valence-corrected chi connectivity index (χ4v) is 3.04. The topological polar surface area (TPSA) is 83.4 Å². The van der Waals surface area contributed by atoms with Crippen molar-refractivity contribution >= 4 is 39.6 Å². The molecule has 1 fully saturated rings. The van der Waals surface area contributed by atoms with Crippen LogP contribution < -0.4 is 16.0 Å². The number of carbonyl (C=O) groups is 2. The maximum Gasteiger partial charge on any atom is 0.319 e.